The Labute approximate surface area is 163 Å². The van der Waals surface area contributed by atoms with Gasteiger partial charge in [0.05, 0.1) is 22.8 Å². The van der Waals surface area contributed by atoms with Gasteiger partial charge in [-0.1, -0.05) is 13.3 Å². The third-order valence-electron chi connectivity index (χ3n) is 4.83. The van der Waals surface area contributed by atoms with Crippen LogP contribution in [0.5, 0.6) is 0 Å². The summed E-state index contributed by atoms with van der Waals surface area (Å²) < 4.78 is 10.4. The smallest absolute Gasteiger partial charge is 0.338 e. The van der Waals surface area contributed by atoms with Crippen molar-refractivity contribution >= 4 is 23.7 Å². The molecule has 3 amide bonds. The van der Waals surface area contributed by atoms with E-state index in [-0.39, 0.29) is 28.7 Å². The minimum absolute atomic E-state index is 0.00978. The first kappa shape index (κ1) is 20.0. The molecule has 0 spiro atoms. The number of hydrogen-bond acceptors (Lipinski definition) is 6. The summed E-state index contributed by atoms with van der Waals surface area (Å²) in [7, 11) is 0. The first-order valence-electron chi connectivity index (χ1n) is 9.57. The Morgan fingerprint density at radius 3 is 2.75 bits per heavy atom. The molecule has 8 nitrogen and oxygen atoms in total. The maximum Gasteiger partial charge on any atom is 0.338 e. The number of esters is 1. The van der Waals surface area contributed by atoms with Crippen LogP contribution in [0.2, 0.25) is 0 Å². The van der Waals surface area contributed by atoms with Gasteiger partial charge < -0.3 is 14.8 Å². The third-order valence-corrected chi connectivity index (χ3v) is 4.83. The Morgan fingerprint density at radius 2 is 2.04 bits per heavy atom. The maximum absolute atomic E-state index is 12.4. The molecule has 1 fully saturated rings. The molecule has 8 heteroatoms. The van der Waals surface area contributed by atoms with Gasteiger partial charge in [0, 0.05) is 19.7 Å². The Kier molecular flexibility index (Phi) is 6.41. The number of amides is 3. The number of carbonyl (C=O) groups is 4. The third kappa shape index (κ3) is 4.39. The molecule has 0 aromatic heterocycles. The maximum atomic E-state index is 12.4. The van der Waals surface area contributed by atoms with Crippen LogP contribution in [0.25, 0.3) is 0 Å². The molecule has 150 valence electrons. The predicted molar refractivity (Wildman–Crippen MR) is 99.0 cm³/mol. The number of hydrogen-bond donors (Lipinski definition) is 1. The van der Waals surface area contributed by atoms with Crippen LogP contribution in [0.4, 0.5) is 0 Å². The molecular weight excluding hydrogens is 364 g/mol. The Hall–Kier alpha value is -2.74. The number of carbonyl (C=O) groups excluding carboxylic acids is 4. The van der Waals surface area contributed by atoms with Crippen molar-refractivity contribution in [2.45, 2.75) is 38.7 Å². The van der Waals surface area contributed by atoms with Crippen molar-refractivity contribution in [3.63, 3.8) is 0 Å². The highest BCUT2D eigenvalue weighted by Gasteiger charge is 2.35. The summed E-state index contributed by atoms with van der Waals surface area (Å²) in [5, 5.41) is 2.66. The molecule has 28 heavy (non-hydrogen) atoms. The van der Waals surface area contributed by atoms with E-state index in [0.717, 1.165) is 25.7 Å². The quantitative estimate of drug-likeness (QED) is 0.535. The zero-order valence-corrected chi connectivity index (χ0v) is 15.9. The topological polar surface area (TPSA) is 102 Å². The first-order valence-corrected chi connectivity index (χ1v) is 9.57. The van der Waals surface area contributed by atoms with Crippen molar-refractivity contribution in [3.8, 4) is 0 Å². The molecule has 1 saturated heterocycles. The summed E-state index contributed by atoms with van der Waals surface area (Å²) in [5.41, 5.74) is 0.606. The lowest BCUT2D eigenvalue weighted by atomic mass is 10.1. The highest BCUT2D eigenvalue weighted by atomic mass is 16.5. The van der Waals surface area contributed by atoms with Crippen molar-refractivity contribution in [2.24, 2.45) is 0 Å². The fourth-order valence-corrected chi connectivity index (χ4v) is 3.24. The van der Waals surface area contributed by atoms with E-state index >= 15 is 0 Å². The molecular formula is C20H24N2O6. The average Bonchev–Trinajstić information content (AvgIpc) is 3.30. The minimum Gasteiger partial charge on any atom is -0.452 e. The van der Waals surface area contributed by atoms with E-state index in [4.69, 9.17) is 9.47 Å². The van der Waals surface area contributed by atoms with Gasteiger partial charge in [0.25, 0.3) is 17.7 Å². The van der Waals surface area contributed by atoms with Crippen LogP contribution in [-0.4, -0.2) is 61.0 Å². The van der Waals surface area contributed by atoms with E-state index < -0.39 is 24.4 Å². The number of ether oxygens (including phenoxy) is 2. The van der Waals surface area contributed by atoms with Gasteiger partial charge in [0.1, 0.15) is 0 Å². The average molecular weight is 388 g/mol. The second kappa shape index (κ2) is 8.97. The van der Waals surface area contributed by atoms with Gasteiger partial charge in [-0.05, 0) is 37.5 Å². The molecule has 0 saturated carbocycles. The summed E-state index contributed by atoms with van der Waals surface area (Å²) in [6.07, 6.45) is 3.47. The zero-order chi connectivity index (χ0) is 20.1. The predicted octanol–water partition coefficient (Wildman–Crippen LogP) is 1.53. The summed E-state index contributed by atoms with van der Waals surface area (Å²) in [5.74, 6) is -1.89. The van der Waals surface area contributed by atoms with Crippen LogP contribution in [0.1, 0.15) is 63.7 Å². The number of imide groups is 1. The first-order chi connectivity index (χ1) is 13.5. The van der Waals surface area contributed by atoms with Crippen LogP contribution in [0, 0.1) is 0 Å². The molecule has 1 atom stereocenters. The van der Waals surface area contributed by atoms with E-state index in [9.17, 15) is 19.2 Å². The highest BCUT2D eigenvalue weighted by Crippen LogP contribution is 2.24. The van der Waals surface area contributed by atoms with E-state index in [2.05, 4.69) is 5.32 Å². The molecule has 1 aromatic rings. The number of nitrogens with one attached hydrogen (secondary N) is 1. The number of unbranched alkanes of at least 4 members (excludes halogenated alkanes) is 1. The van der Waals surface area contributed by atoms with E-state index in [1.165, 1.54) is 23.1 Å². The van der Waals surface area contributed by atoms with Crippen LogP contribution in [0.15, 0.2) is 18.2 Å². The van der Waals surface area contributed by atoms with Gasteiger partial charge in [-0.3, -0.25) is 19.3 Å². The van der Waals surface area contributed by atoms with Gasteiger partial charge in [0.2, 0.25) is 0 Å². The normalized spacial score (nSPS) is 18.3. The second-order valence-electron chi connectivity index (χ2n) is 6.89. The van der Waals surface area contributed by atoms with E-state index in [1.54, 1.807) is 0 Å². The van der Waals surface area contributed by atoms with Crippen molar-refractivity contribution in [2.75, 3.05) is 26.3 Å². The summed E-state index contributed by atoms with van der Waals surface area (Å²) in [4.78, 5) is 50.0. The minimum atomic E-state index is -0.720. The lowest BCUT2D eigenvalue weighted by molar-refractivity contribution is -0.124. The number of benzene rings is 1. The van der Waals surface area contributed by atoms with Gasteiger partial charge in [-0.25, -0.2) is 4.79 Å². The second-order valence-corrected chi connectivity index (χ2v) is 6.89. The molecule has 0 aliphatic carbocycles. The molecule has 1 N–H and O–H groups in total. The van der Waals surface area contributed by atoms with Gasteiger partial charge in [0.15, 0.2) is 6.61 Å². The molecule has 2 heterocycles. The summed E-state index contributed by atoms with van der Waals surface area (Å²) in [6, 6.07) is 4.24. The van der Waals surface area contributed by atoms with Crippen LogP contribution >= 0.6 is 0 Å². The lowest BCUT2D eigenvalue weighted by Gasteiger charge is -2.12. The number of fused-ring (bicyclic) bond motifs is 1. The van der Waals surface area contributed by atoms with Gasteiger partial charge in [-0.15, -0.1) is 0 Å². The van der Waals surface area contributed by atoms with Gasteiger partial charge in [-0.2, -0.15) is 0 Å². The summed E-state index contributed by atoms with van der Waals surface area (Å²) in [6.45, 7) is 3.00. The van der Waals surface area contributed by atoms with E-state index in [1.807, 2.05) is 6.92 Å². The lowest BCUT2D eigenvalue weighted by Crippen LogP contribution is -2.34. The Balaban J connectivity index is 1.55. The summed E-state index contributed by atoms with van der Waals surface area (Å²) >= 11 is 0. The van der Waals surface area contributed by atoms with Crippen LogP contribution in [-0.2, 0) is 14.3 Å². The molecule has 0 radical (unpaired) electrons. The van der Waals surface area contributed by atoms with Crippen molar-refractivity contribution < 1.29 is 28.7 Å². The standard InChI is InChI=1S/C20H24N2O6/c1-2-3-8-22-18(24)15-7-6-13(10-16(15)19(22)25)20(26)28-12-17(23)21-11-14-5-4-9-27-14/h6-7,10,14H,2-5,8-9,11-12H2,1H3,(H,21,23)/t14-/m1/s1. The molecule has 0 unspecified atom stereocenters. The number of rotatable bonds is 8. The zero-order valence-electron chi connectivity index (χ0n) is 15.9. The monoisotopic (exact) mass is 388 g/mol. The van der Waals surface area contributed by atoms with Crippen LogP contribution in [0.3, 0.4) is 0 Å². The van der Waals surface area contributed by atoms with Gasteiger partial charge >= 0.3 is 5.97 Å². The fraction of sp³-hybridized carbons (Fsp3) is 0.500. The SMILES string of the molecule is CCCCN1C(=O)c2ccc(C(=O)OCC(=O)NC[C@H]3CCCO3)cc2C1=O. The van der Waals surface area contributed by atoms with Crippen molar-refractivity contribution in [3.05, 3.63) is 34.9 Å². The van der Waals surface area contributed by atoms with E-state index in [0.29, 0.717) is 19.7 Å². The molecule has 2 aliphatic rings. The Morgan fingerprint density at radius 1 is 1.25 bits per heavy atom. The molecule has 2 aliphatic heterocycles. The van der Waals surface area contributed by atoms with Crippen molar-refractivity contribution in [1.29, 1.82) is 0 Å². The van der Waals surface area contributed by atoms with Crippen molar-refractivity contribution in [1.82, 2.24) is 10.2 Å². The molecule has 3 rings (SSSR count). The highest BCUT2D eigenvalue weighted by molar-refractivity contribution is 6.21. The molecule has 0 bridgehead atoms. The van der Waals surface area contributed by atoms with Crippen LogP contribution < -0.4 is 5.32 Å². The molecule has 1 aromatic carbocycles. The Bertz CT molecular complexity index is 785. The fourth-order valence-electron chi connectivity index (χ4n) is 3.24. The largest absolute Gasteiger partial charge is 0.452 e. The number of nitrogens with zero attached hydrogens (tertiary/aromatic N) is 1.